The second-order valence-corrected chi connectivity index (χ2v) is 4.95. The summed E-state index contributed by atoms with van der Waals surface area (Å²) in [7, 11) is 0. The van der Waals surface area contributed by atoms with Crippen molar-refractivity contribution in [3.05, 3.63) is 23.3 Å². The van der Waals surface area contributed by atoms with Gasteiger partial charge in [0.2, 0.25) is 0 Å². The molecule has 0 bridgehead atoms. The number of nitrogen functional groups attached to an aromatic ring is 1. The summed E-state index contributed by atoms with van der Waals surface area (Å²) in [6.45, 7) is 0. The predicted molar refractivity (Wildman–Crippen MR) is 64.5 cm³/mol. The number of rotatable bonds is 3. The minimum absolute atomic E-state index is 0.0202. The third-order valence-corrected chi connectivity index (χ3v) is 3.67. The molecule has 6 nitrogen and oxygen atoms in total. The first kappa shape index (κ1) is 12.6. The Balaban J connectivity index is 2.23. The molecule has 0 aromatic carbocycles. The fraction of sp³-hybridized carbons (Fsp3) is 0.583. The smallest absolute Gasteiger partial charge is 0.310 e. The molecule has 3 N–H and O–H groups in total. The second kappa shape index (κ2) is 4.80. The number of hydrogen-bond acceptors (Lipinski definition) is 4. The Morgan fingerprint density at radius 1 is 1.50 bits per heavy atom. The number of nitrogens with two attached hydrogens (primary N) is 1. The van der Waals surface area contributed by atoms with Crippen molar-refractivity contribution in [2.45, 2.75) is 38.5 Å². The van der Waals surface area contributed by atoms with Gasteiger partial charge in [-0.15, -0.1) is 0 Å². The molecule has 0 aliphatic heterocycles. The van der Waals surface area contributed by atoms with Crippen LogP contribution in [0.15, 0.2) is 12.4 Å². The Hall–Kier alpha value is -1.85. The number of aromatic nitrogens is 2. The molecule has 1 aliphatic rings. The predicted octanol–water partition coefficient (Wildman–Crippen LogP) is 0.875. The van der Waals surface area contributed by atoms with Gasteiger partial charge in [0.15, 0.2) is 0 Å². The third-order valence-electron chi connectivity index (χ3n) is 3.67. The van der Waals surface area contributed by atoms with Gasteiger partial charge >= 0.3 is 5.97 Å². The molecule has 0 spiro atoms. The summed E-state index contributed by atoms with van der Waals surface area (Å²) in [5.41, 5.74) is 5.11. The maximum atomic E-state index is 11.5. The van der Waals surface area contributed by atoms with Crippen molar-refractivity contribution < 1.29 is 14.6 Å². The number of carboxylic acid groups (broad SMARTS) is 1. The first-order valence-electron chi connectivity index (χ1n) is 6.10. The quantitative estimate of drug-likeness (QED) is 0.613. The van der Waals surface area contributed by atoms with E-state index in [1.807, 2.05) is 0 Å². The van der Waals surface area contributed by atoms with Crippen LogP contribution in [0.2, 0.25) is 0 Å². The van der Waals surface area contributed by atoms with Crippen LogP contribution in [-0.4, -0.2) is 16.1 Å². The van der Waals surface area contributed by atoms with Gasteiger partial charge in [-0.2, -0.15) is 0 Å². The SMILES string of the molecule is Nc1cnc(CC2(C(=O)O)CCCCC2)c[n+]1[O-]. The highest BCUT2D eigenvalue weighted by Gasteiger charge is 2.40. The van der Waals surface area contributed by atoms with Gasteiger partial charge in [-0.1, -0.05) is 19.3 Å². The van der Waals surface area contributed by atoms with E-state index in [-0.39, 0.29) is 5.82 Å². The van der Waals surface area contributed by atoms with Gasteiger partial charge < -0.3 is 10.3 Å². The summed E-state index contributed by atoms with van der Waals surface area (Å²) in [5.74, 6) is -0.773. The third kappa shape index (κ3) is 2.37. The molecule has 18 heavy (non-hydrogen) atoms. The van der Waals surface area contributed by atoms with E-state index in [1.165, 1.54) is 12.4 Å². The molecule has 0 amide bonds. The molecule has 98 valence electrons. The first-order valence-corrected chi connectivity index (χ1v) is 6.10. The number of carboxylic acids is 1. The molecule has 0 saturated heterocycles. The highest BCUT2D eigenvalue weighted by Crippen LogP contribution is 2.39. The van der Waals surface area contributed by atoms with Crippen LogP contribution in [0.5, 0.6) is 0 Å². The van der Waals surface area contributed by atoms with Crippen LogP contribution >= 0.6 is 0 Å². The van der Waals surface area contributed by atoms with Crippen molar-refractivity contribution in [2.24, 2.45) is 5.41 Å². The first-order chi connectivity index (χ1) is 8.53. The van der Waals surface area contributed by atoms with Gasteiger partial charge in [-0.05, 0) is 12.8 Å². The van der Waals surface area contributed by atoms with Gasteiger partial charge in [0.25, 0.3) is 5.82 Å². The van der Waals surface area contributed by atoms with E-state index in [1.54, 1.807) is 0 Å². The van der Waals surface area contributed by atoms with E-state index < -0.39 is 11.4 Å². The van der Waals surface area contributed by atoms with Crippen molar-refractivity contribution in [3.8, 4) is 0 Å². The largest absolute Gasteiger partial charge is 0.711 e. The van der Waals surface area contributed by atoms with Crippen LogP contribution in [0, 0.1) is 10.6 Å². The summed E-state index contributed by atoms with van der Waals surface area (Å²) in [5, 5.41) is 20.8. The van der Waals surface area contributed by atoms with Crippen molar-refractivity contribution in [3.63, 3.8) is 0 Å². The fourth-order valence-corrected chi connectivity index (χ4v) is 2.58. The van der Waals surface area contributed by atoms with Gasteiger partial charge in [0, 0.05) is 6.42 Å². The molecule has 6 heteroatoms. The molecule has 1 heterocycles. The molecule has 0 radical (unpaired) electrons. The van der Waals surface area contributed by atoms with Crippen LogP contribution < -0.4 is 10.5 Å². The monoisotopic (exact) mass is 251 g/mol. The Kier molecular flexibility index (Phi) is 3.36. The number of aliphatic carboxylic acids is 1. The van der Waals surface area contributed by atoms with E-state index in [2.05, 4.69) is 4.98 Å². The molecule has 1 aromatic heterocycles. The van der Waals surface area contributed by atoms with Crippen molar-refractivity contribution in [1.82, 2.24) is 4.98 Å². The Bertz CT molecular complexity index is 456. The summed E-state index contributed by atoms with van der Waals surface area (Å²) in [6, 6.07) is 0. The Morgan fingerprint density at radius 2 is 2.17 bits per heavy atom. The van der Waals surface area contributed by atoms with Crippen molar-refractivity contribution in [2.75, 3.05) is 5.73 Å². The molecule has 1 saturated carbocycles. The van der Waals surface area contributed by atoms with Gasteiger partial charge in [-0.3, -0.25) is 10.5 Å². The lowest BCUT2D eigenvalue weighted by atomic mass is 9.71. The minimum atomic E-state index is -0.793. The molecule has 2 rings (SSSR count). The Labute approximate surface area is 105 Å². The molecular formula is C12H17N3O3. The van der Waals surface area contributed by atoms with Crippen molar-refractivity contribution >= 4 is 11.8 Å². The van der Waals surface area contributed by atoms with E-state index in [4.69, 9.17) is 5.73 Å². The van der Waals surface area contributed by atoms with E-state index in [0.29, 0.717) is 29.7 Å². The molecule has 1 fully saturated rings. The highest BCUT2D eigenvalue weighted by atomic mass is 16.5. The van der Waals surface area contributed by atoms with E-state index in [0.717, 1.165) is 19.3 Å². The van der Waals surface area contributed by atoms with Crippen LogP contribution in [0.3, 0.4) is 0 Å². The molecular weight excluding hydrogens is 234 g/mol. The van der Waals surface area contributed by atoms with Crippen LogP contribution in [0.1, 0.15) is 37.8 Å². The number of nitrogens with zero attached hydrogens (tertiary/aromatic N) is 2. The van der Waals surface area contributed by atoms with Crippen molar-refractivity contribution in [1.29, 1.82) is 0 Å². The zero-order valence-corrected chi connectivity index (χ0v) is 10.1. The maximum absolute atomic E-state index is 11.5. The zero-order chi connectivity index (χ0) is 13.2. The summed E-state index contributed by atoms with van der Waals surface area (Å²) < 4.78 is 0.528. The van der Waals surface area contributed by atoms with Gasteiger partial charge in [0.05, 0.1) is 11.1 Å². The molecule has 1 aromatic rings. The number of carbonyl (C=O) groups is 1. The van der Waals surface area contributed by atoms with Gasteiger partial charge in [0.1, 0.15) is 12.4 Å². The Morgan fingerprint density at radius 3 is 2.72 bits per heavy atom. The van der Waals surface area contributed by atoms with Crippen LogP contribution in [0.4, 0.5) is 5.82 Å². The lowest BCUT2D eigenvalue weighted by molar-refractivity contribution is -0.591. The summed E-state index contributed by atoms with van der Waals surface area (Å²) >= 11 is 0. The minimum Gasteiger partial charge on any atom is -0.711 e. The van der Waals surface area contributed by atoms with Crippen LogP contribution in [0.25, 0.3) is 0 Å². The molecule has 1 aliphatic carbocycles. The fourth-order valence-electron chi connectivity index (χ4n) is 2.58. The number of anilines is 1. The summed E-state index contributed by atoms with van der Waals surface area (Å²) in [4.78, 5) is 15.5. The second-order valence-electron chi connectivity index (χ2n) is 4.95. The average molecular weight is 251 g/mol. The van der Waals surface area contributed by atoms with Crippen LogP contribution in [-0.2, 0) is 11.2 Å². The standard InChI is InChI=1S/C12H17N3O3/c13-10-7-14-9(8-15(10)18)6-12(11(16)17)4-2-1-3-5-12/h7-8H,1-6,13H2,(H,16,17). The lowest BCUT2D eigenvalue weighted by Gasteiger charge is -2.32. The summed E-state index contributed by atoms with van der Waals surface area (Å²) in [6.07, 6.45) is 7.05. The molecule has 0 unspecified atom stereocenters. The highest BCUT2D eigenvalue weighted by molar-refractivity contribution is 5.75. The van der Waals surface area contributed by atoms with E-state index in [9.17, 15) is 15.1 Å². The maximum Gasteiger partial charge on any atom is 0.310 e. The van der Waals surface area contributed by atoms with Gasteiger partial charge in [-0.25, -0.2) is 9.71 Å². The van der Waals surface area contributed by atoms with E-state index >= 15 is 0 Å². The molecule has 0 atom stereocenters. The topological polar surface area (TPSA) is 103 Å². The number of hydrogen-bond donors (Lipinski definition) is 2. The normalized spacial score (nSPS) is 18.4. The lowest BCUT2D eigenvalue weighted by Crippen LogP contribution is -2.37. The average Bonchev–Trinajstić information content (AvgIpc) is 2.35. The zero-order valence-electron chi connectivity index (χ0n) is 10.1.